The monoisotopic (exact) mass is 1090 g/mol. The fourth-order valence-corrected chi connectivity index (χ4v) is 6.77. The Morgan fingerprint density at radius 1 is 0.545 bits per heavy atom. The highest BCUT2D eigenvalue weighted by atomic mass is 35.5. The molecule has 0 aliphatic heterocycles. The number of pyridine rings is 2. The van der Waals surface area contributed by atoms with E-state index in [1.54, 1.807) is 146 Å². The van der Waals surface area contributed by atoms with E-state index in [1.807, 2.05) is 0 Å². The number of ketones is 3. The van der Waals surface area contributed by atoms with Crippen LogP contribution in [-0.4, -0.2) is 62.8 Å². The molecule has 404 valence electrons. The van der Waals surface area contributed by atoms with Gasteiger partial charge >= 0.3 is 24.2 Å². The Labute approximate surface area is 457 Å². The molecule has 2 aromatic heterocycles. The number of nitrogens with one attached hydrogen (secondary N) is 4. The summed E-state index contributed by atoms with van der Waals surface area (Å²) in [6.45, 7) is 16.9. The number of amides is 6. The molecule has 18 nitrogen and oxygen atoms in total. The second kappa shape index (κ2) is 27.8. The van der Waals surface area contributed by atoms with Gasteiger partial charge in [-0.25, -0.2) is 19.2 Å². The number of hydrogen-bond acceptors (Lipinski definition) is 13. The molecule has 4 N–H and O–H groups in total. The number of aromatic nitrogens is 2. The summed E-state index contributed by atoms with van der Waals surface area (Å²) in [5, 5.41) is 11.3. The quantitative estimate of drug-likeness (QED) is 0.0522. The first kappa shape index (κ1) is 60.9. The lowest BCUT2D eigenvalue weighted by atomic mass is 10.1. The van der Waals surface area contributed by atoms with Crippen LogP contribution in [0.3, 0.4) is 0 Å². The molecule has 6 rings (SSSR count). The molecule has 6 aromatic rings. The number of halogens is 2. The van der Waals surface area contributed by atoms with E-state index in [0.717, 1.165) is 0 Å². The van der Waals surface area contributed by atoms with Gasteiger partial charge in [-0.15, -0.1) is 0 Å². The predicted octanol–water partition coefficient (Wildman–Crippen LogP) is 15.1. The highest BCUT2D eigenvalue weighted by Gasteiger charge is 2.34. The van der Waals surface area contributed by atoms with E-state index in [-0.39, 0.29) is 47.6 Å². The molecular formula is C57H61Cl2N7O11. The minimum Gasteiger partial charge on any atom is -0.457 e. The van der Waals surface area contributed by atoms with Crippen LogP contribution in [0.5, 0.6) is 23.0 Å². The lowest BCUT2D eigenvalue weighted by molar-refractivity contribution is -0.114. The lowest BCUT2D eigenvalue weighted by Gasteiger charge is -2.29. The van der Waals surface area contributed by atoms with Crippen LogP contribution in [-0.2, 0) is 20.7 Å². The highest BCUT2D eigenvalue weighted by Crippen LogP contribution is 2.33. The molecule has 77 heavy (non-hydrogen) atoms. The summed E-state index contributed by atoms with van der Waals surface area (Å²) in [5.41, 5.74) is 1.16. The van der Waals surface area contributed by atoms with Gasteiger partial charge in [0.2, 0.25) is 0 Å². The molecule has 2 heterocycles. The molecule has 0 radical (unpaired) electrons. The van der Waals surface area contributed by atoms with Crippen molar-refractivity contribution in [2.24, 2.45) is 0 Å². The zero-order valence-corrected chi connectivity index (χ0v) is 44.6. The molecule has 0 saturated carbocycles. The summed E-state index contributed by atoms with van der Waals surface area (Å²) in [7, 11) is 0. The van der Waals surface area contributed by atoms with Gasteiger partial charge in [-0.05, 0) is 150 Å². The summed E-state index contributed by atoms with van der Waals surface area (Å²) >= 11 is 12.5. The zero-order chi connectivity index (χ0) is 55.7. The lowest BCUT2D eigenvalue weighted by Crippen LogP contribution is -2.44. The average Bonchev–Trinajstić information content (AvgIpc) is 3.36. The summed E-state index contributed by atoms with van der Waals surface area (Å²) in [6, 6.07) is 27.9. The maximum absolute atomic E-state index is 13.0. The van der Waals surface area contributed by atoms with Crippen molar-refractivity contribution in [2.45, 2.75) is 93.3 Å². The summed E-state index contributed by atoms with van der Waals surface area (Å²) in [4.78, 5) is 95.3. The van der Waals surface area contributed by atoms with Gasteiger partial charge in [0.05, 0.1) is 10.7 Å². The first-order chi connectivity index (χ1) is 35.9. The summed E-state index contributed by atoms with van der Waals surface area (Å²) in [6.07, 6.45) is 3.07. The number of allylic oxidation sites excluding steroid dienone is 1. The Kier molecular flexibility index (Phi) is 22.0. The number of benzene rings is 4. The molecule has 0 unspecified atom stereocenters. The molecule has 6 amide bonds. The molecule has 0 atom stereocenters. The van der Waals surface area contributed by atoms with Crippen LogP contribution in [0.25, 0.3) is 0 Å². The third-order valence-corrected chi connectivity index (χ3v) is 10.6. The van der Waals surface area contributed by atoms with Crippen molar-refractivity contribution in [2.75, 3.05) is 26.2 Å². The minimum absolute atomic E-state index is 0. The van der Waals surface area contributed by atoms with Gasteiger partial charge in [-0.3, -0.25) is 24.4 Å². The largest absolute Gasteiger partial charge is 0.457 e. The van der Waals surface area contributed by atoms with Crippen LogP contribution in [0.4, 0.5) is 47.6 Å². The van der Waals surface area contributed by atoms with E-state index in [9.17, 15) is 33.6 Å². The zero-order valence-electron chi connectivity index (χ0n) is 43.0. The van der Waals surface area contributed by atoms with Crippen LogP contribution in [0.1, 0.15) is 102 Å². The van der Waals surface area contributed by atoms with Gasteiger partial charge < -0.3 is 40.2 Å². The number of carbonyl (C=O) groups excluding carboxylic acids is 7. The number of anilines is 5. The van der Waals surface area contributed by atoms with Crippen molar-refractivity contribution in [3.05, 3.63) is 161 Å². The summed E-state index contributed by atoms with van der Waals surface area (Å²) < 4.78 is 22.4. The number of carbonyl (C=O) groups is 7. The second-order valence-electron chi connectivity index (χ2n) is 18.3. The molecule has 0 fully saturated rings. The minimum atomic E-state index is -0.993. The molecule has 20 heteroatoms. The Morgan fingerprint density at radius 3 is 1.34 bits per heavy atom. The van der Waals surface area contributed by atoms with Crippen molar-refractivity contribution in [3.63, 3.8) is 0 Å². The third kappa shape index (κ3) is 19.6. The molecule has 0 aliphatic carbocycles. The number of ether oxygens (including phenoxy) is 4. The standard InChI is InChI=1S/C31H35ClN4O7.C25H22ClN3O4.CH4/c1-8-26(37)24-18-22(15-16-33-24)41-21-12-9-19(10-13-21)34-27(38)35-20-11-14-23(32)25(17-20)36(28(39)42-30(2,3)4)29(40)43-31(5,6)7;1-3-19(30)14-16-13-18(7-10-22(16)26)29-25(32)28-17-5-8-20(9-6-17)33-21-11-12-27-23(15-21)24(31)4-2;/h9-18H,8H2,1-7H3,(H2,34,35,38);3,5-13,15H,1,4,14H2,2H3,(H2,28,29,32);1H4. The Bertz CT molecular complexity index is 3070. The molecule has 0 saturated heterocycles. The Morgan fingerprint density at radius 2 is 0.935 bits per heavy atom. The van der Waals surface area contributed by atoms with E-state index in [4.69, 9.17) is 42.1 Å². The molecule has 4 aromatic carbocycles. The van der Waals surface area contributed by atoms with Gasteiger partial charge in [0, 0.05) is 71.6 Å². The first-order valence-electron chi connectivity index (χ1n) is 23.6. The van der Waals surface area contributed by atoms with Crippen molar-refractivity contribution in [1.82, 2.24) is 9.97 Å². The van der Waals surface area contributed by atoms with E-state index in [2.05, 4.69) is 37.8 Å². The fraction of sp³-hybridized carbons (Fsp3) is 0.246. The maximum Gasteiger partial charge on any atom is 0.424 e. The smallest absolute Gasteiger partial charge is 0.424 e. The third-order valence-electron chi connectivity index (χ3n) is 9.87. The van der Waals surface area contributed by atoms with Gasteiger partial charge in [0.15, 0.2) is 17.3 Å². The van der Waals surface area contributed by atoms with Crippen LogP contribution in [0.2, 0.25) is 10.0 Å². The van der Waals surface area contributed by atoms with Gasteiger partial charge in [0.25, 0.3) is 0 Å². The van der Waals surface area contributed by atoms with Gasteiger partial charge in [-0.2, -0.15) is 4.90 Å². The number of urea groups is 2. The molecule has 0 spiro atoms. The molecule has 0 aliphatic rings. The van der Waals surface area contributed by atoms with E-state index < -0.39 is 35.5 Å². The Balaban J connectivity index is 0.000000339. The fourth-order valence-electron chi connectivity index (χ4n) is 6.38. The second-order valence-corrected chi connectivity index (χ2v) is 19.1. The number of imide groups is 1. The van der Waals surface area contributed by atoms with Crippen LogP contribution >= 0.6 is 23.2 Å². The van der Waals surface area contributed by atoms with E-state index in [0.29, 0.717) is 79.8 Å². The highest BCUT2D eigenvalue weighted by molar-refractivity contribution is 6.35. The topological polar surface area (TPSA) is 234 Å². The summed E-state index contributed by atoms with van der Waals surface area (Å²) in [5.74, 6) is 1.65. The van der Waals surface area contributed by atoms with Crippen molar-refractivity contribution in [3.8, 4) is 23.0 Å². The number of rotatable bonds is 16. The predicted molar refractivity (Wildman–Crippen MR) is 300 cm³/mol. The first-order valence-corrected chi connectivity index (χ1v) is 24.4. The van der Waals surface area contributed by atoms with Crippen LogP contribution < -0.4 is 35.6 Å². The van der Waals surface area contributed by atoms with Gasteiger partial charge in [-0.1, -0.05) is 51.1 Å². The number of hydrogen-bond donors (Lipinski definition) is 4. The average molecular weight is 1090 g/mol. The van der Waals surface area contributed by atoms with E-state index in [1.165, 1.54) is 36.7 Å². The van der Waals surface area contributed by atoms with Crippen molar-refractivity contribution in [1.29, 1.82) is 0 Å². The van der Waals surface area contributed by atoms with Crippen molar-refractivity contribution >= 4 is 93.2 Å². The molecular weight excluding hydrogens is 1030 g/mol. The van der Waals surface area contributed by atoms with E-state index >= 15 is 0 Å². The maximum atomic E-state index is 13.0. The number of Topliss-reactive ketones (excluding diaryl/α,β-unsaturated/α-hetero) is 2. The molecule has 0 bridgehead atoms. The SMILES string of the molecule is C.C=CC(=O)Cc1cc(NC(=O)Nc2ccc(Oc3ccnc(C(=O)CC)c3)cc2)ccc1Cl.CCC(=O)c1cc(Oc2ccc(NC(=O)Nc3ccc(Cl)c(N(C(=O)OC(C)(C)C)C(=O)OC(C)(C)C)c3)cc2)ccn1. The van der Waals surface area contributed by atoms with Crippen molar-refractivity contribution < 1.29 is 52.5 Å². The van der Waals surface area contributed by atoms with Crippen LogP contribution in [0, 0.1) is 0 Å². The number of nitrogens with zero attached hydrogens (tertiary/aromatic N) is 3. The van der Waals surface area contributed by atoms with Gasteiger partial charge in [0.1, 0.15) is 45.6 Å². The van der Waals surface area contributed by atoms with Crippen LogP contribution in [0.15, 0.2) is 134 Å². The normalized spacial score (nSPS) is 10.7. The Hall–Kier alpha value is -8.61.